The number of hydrogen-bond donors (Lipinski definition) is 4. The molecule has 4 atom stereocenters. The highest BCUT2D eigenvalue weighted by Crippen LogP contribution is 2.32. The van der Waals surface area contributed by atoms with Gasteiger partial charge in [-0.2, -0.15) is 0 Å². The van der Waals surface area contributed by atoms with Crippen LogP contribution >= 0.6 is 11.8 Å². The molecular weight excluding hydrogens is 705 g/mol. The molecule has 13 nitrogen and oxygen atoms in total. The first-order chi connectivity index (χ1) is 26.6. The molecule has 0 saturated carbocycles. The van der Waals surface area contributed by atoms with Gasteiger partial charge in [0.1, 0.15) is 11.9 Å². The number of methoxy groups -OCH3 is 1. The van der Waals surface area contributed by atoms with Gasteiger partial charge in [-0.15, -0.1) is 10.2 Å². The smallest absolute Gasteiger partial charge is 0.407 e. The molecule has 0 radical (unpaired) electrons. The van der Waals surface area contributed by atoms with Gasteiger partial charge in [0, 0.05) is 54.3 Å². The van der Waals surface area contributed by atoms with Crippen LogP contribution in [0.4, 0.5) is 10.5 Å². The third-order valence-electron chi connectivity index (χ3n) is 9.23. The number of carbonyl (C=O) groups excluding carboxylic acids is 2. The van der Waals surface area contributed by atoms with Gasteiger partial charge in [-0.05, 0) is 47.7 Å². The van der Waals surface area contributed by atoms with Crippen LogP contribution < -0.4 is 16.0 Å². The van der Waals surface area contributed by atoms with Gasteiger partial charge >= 0.3 is 6.09 Å². The fourth-order valence-corrected chi connectivity index (χ4v) is 7.41. The number of aromatic amines is 1. The summed E-state index contributed by atoms with van der Waals surface area (Å²) in [7, 11) is 1.28. The van der Waals surface area contributed by atoms with Crippen molar-refractivity contribution in [2.45, 2.75) is 48.3 Å². The number of amides is 2. The van der Waals surface area contributed by atoms with Crippen LogP contribution in [0.5, 0.6) is 0 Å². The number of carbonyl (C=O) groups is 2. The molecule has 1 fully saturated rings. The zero-order valence-corrected chi connectivity index (χ0v) is 30.3. The summed E-state index contributed by atoms with van der Waals surface area (Å²) >= 11 is 1.43. The topological polar surface area (TPSA) is 169 Å². The van der Waals surface area contributed by atoms with Crippen LogP contribution in [0.2, 0.25) is 0 Å². The molecule has 2 amide bonds. The summed E-state index contributed by atoms with van der Waals surface area (Å²) in [4.78, 5) is 38.6. The Morgan fingerprint density at radius 2 is 1.65 bits per heavy atom. The lowest BCUT2D eigenvalue weighted by molar-refractivity contribution is -0.118. The van der Waals surface area contributed by atoms with Gasteiger partial charge < -0.3 is 34.8 Å². The number of H-pyrrole nitrogens is 1. The van der Waals surface area contributed by atoms with Gasteiger partial charge in [-0.1, -0.05) is 90.6 Å². The summed E-state index contributed by atoms with van der Waals surface area (Å²) in [5, 5.41) is 18.4. The molecule has 0 bridgehead atoms. The molecule has 54 heavy (non-hydrogen) atoms. The maximum Gasteiger partial charge on any atom is 0.407 e. The largest absolute Gasteiger partial charge is 0.453 e. The van der Waals surface area contributed by atoms with Crippen LogP contribution in [0.1, 0.15) is 40.9 Å². The normalized spacial score (nSPS) is 17.5. The molecule has 0 spiro atoms. The third kappa shape index (κ3) is 9.02. The van der Waals surface area contributed by atoms with Crippen LogP contribution in [0.25, 0.3) is 11.5 Å². The van der Waals surface area contributed by atoms with Gasteiger partial charge in [0.05, 0.1) is 25.4 Å². The van der Waals surface area contributed by atoms with Crippen LogP contribution in [0.3, 0.4) is 0 Å². The zero-order chi connectivity index (χ0) is 37.1. The number of hydrogen-bond acceptors (Lipinski definition) is 11. The third-order valence-corrected chi connectivity index (χ3v) is 10.1. The number of nitrogens with one attached hydrogen (secondary N) is 4. The molecule has 6 aromatic rings. The van der Waals surface area contributed by atoms with Gasteiger partial charge in [-0.25, -0.2) is 9.78 Å². The lowest BCUT2D eigenvalue weighted by atomic mass is 9.84. The second kappa shape index (κ2) is 17.8. The van der Waals surface area contributed by atoms with Crippen LogP contribution in [-0.4, -0.2) is 74.8 Å². The summed E-state index contributed by atoms with van der Waals surface area (Å²) in [6.07, 6.45) is 7.11. The number of thioether (sulfide) groups is 1. The maximum atomic E-state index is 14.2. The second-order valence-corrected chi connectivity index (χ2v) is 13.6. The first-order valence-corrected chi connectivity index (χ1v) is 18.6. The number of aryl methyl sites for hydroxylation is 1. The number of para-hydroxylation sites is 1. The monoisotopic (exact) mass is 744 g/mol. The quantitative estimate of drug-likeness (QED) is 0.0941. The highest BCUT2D eigenvalue weighted by atomic mass is 32.2. The van der Waals surface area contributed by atoms with E-state index in [4.69, 9.17) is 13.9 Å². The van der Waals surface area contributed by atoms with Crippen LogP contribution in [0, 0.1) is 0 Å². The Kier molecular flexibility index (Phi) is 12.0. The van der Waals surface area contributed by atoms with E-state index >= 15 is 0 Å². The summed E-state index contributed by atoms with van der Waals surface area (Å²) < 4.78 is 17.6. The number of alkyl carbamates (subject to hydrolysis) is 1. The van der Waals surface area contributed by atoms with E-state index in [1.54, 1.807) is 24.8 Å². The van der Waals surface area contributed by atoms with Crippen molar-refractivity contribution >= 4 is 29.4 Å². The minimum atomic E-state index is -0.974. The molecular formula is C40H40N8O5S. The number of anilines is 1. The van der Waals surface area contributed by atoms with E-state index in [2.05, 4.69) is 41.1 Å². The summed E-state index contributed by atoms with van der Waals surface area (Å²) in [6.45, 7) is 0.606. The first kappa shape index (κ1) is 36.5. The van der Waals surface area contributed by atoms with Crippen molar-refractivity contribution in [2.75, 3.05) is 24.7 Å². The zero-order valence-electron chi connectivity index (χ0n) is 29.5. The van der Waals surface area contributed by atoms with E-state index < -0.39 is 18.1 Å². The molecule has 7 rings (SSSR count). The number of pyridine rings is 1. The van der Waals surface area contributed by atoms with E-state index in [0.29, 0.717) is 41.9 Å². The molecule has 276 valence electrons. The second-order valence-electron chi connectivity index (χ2n) is 12.7. The van der Waals surface area contributed by atoms with Crippen molar-refractivity contribution in [1.82, 2.24) is 35.8 Å². The fraction of sp³-hybridized carbons (Fsp3) is 0.250. The number of morpholine rings is 1. The highest BCUT2D eigenvalue weighted by molar-refractivity contribution is 7.99. The Labute approximate surface area is 316 Å². The van der Waals surface area contributed by atoms with Gasteiger partial charge in [-0.3, -0.25) is 9.78 Å². The number of nitrogens with zero attached hydrogens (tertiary/aromatic N) is 4. The molecule has 3 aromatic carbocycles. The number of aromatic nitrogens is 5. The molecule has 14 heteroatoms. The van der Waals surface area contributed by atoms with E-state index in [1.807, 2.05) is 97.1 Å². The van der Waals surface area contributed by atoms with Gasteiger partial charge in [0.25, 0.3) is 5.22 Å². The lowest BCUT2D eigenvalue weighted by Gasteiger charge is -2.36. The minimum Gasteiger partial charge on any atom is -0.453 e. The Morgan fingerprint density at radius 3 is 2.35 bits per heavy atom. The predicted molar refractivity (Wildman–Crippen MR) is 204 cm³/mol. The first-order valence-electron chi connectivity index (χ1n) is 17.6. The Morgan fingerprint density at radius 1 is 0.926 bits per heavy atom. The number of imidazole rings is 1. The lowest BCUT2D eigenvalue weighted by Crippen LogP contribution is -2.48. The van der Waals surface area contributed by atoms with Crippen LogP contribution in [0.15, 0.2) is 131 Å². The fourth-order valence-electron chi connectivity index (χ4n) is 6.59. The number of rotatable bonds is 14. The standard InChI is InChI=1S/C40H40N8O5S/c1-51-39(50)46-35(33(27-11-4-2-5-12-27)28-13-6-3-7-14-28)37(49)45-31-15-9-8-10-26(31)16-17-30-24-44-34(36-42-22-23-43-36)32(52-30)25-54-40-48-47-38(53-40)29-18-20-41-21-19-29/h2-15,18-23,30,32-35,44H,16-17,24-25H2,1H3,(H,42,43)(H,45,49)(H,46,50). The maximum absolute atomic E-state index is 14.2. The molecule has 1 saturated heterocycles. The minimum absolute atomic E-state index is 0.130. The molecule has 0 aliphatic carbocycles. The van der Waals surface area contributed by atoms with Crippen molar-refractivity contribution < 1.29 is 23.5 Å². The SMILES string of the molecule is COC(=O)NC(C(=O)Nc1ccccc1CCC1CNC(c2ncc[nH]2)C(CSc2nnc(-c3ccncc3)o2)O1)C(c1ccccc1)c1ccccc1. The van der Waals surface area contributed by atoms with Gasteiger partial charge in [0.15, 0.2) is 0 Å². The molecule has 1 aliphatic heterocycles. The molecule has 4 unspecified atom stereocenters. The molecule has 4 heterocycles. The Bertz CT molecular complexity index is 2050. The van der Waals surface area contributed by atoms with E-state index in [0.717, 1.165) is 28.1 Å². The van der Waals surface area contributed by atoms with Crippen molar-refractivity contribution in [3.63, 3.8) is 0 Å². The number of ether oxygens (including phenoxy) is 2. The number of benzene rings is 3. The molecule has 3 aromatic heterocycles. The summed E-state index contributed by atoms with van der Waals surface area (Å²) in [6, 6.07) is 29.5. The van der Waals surface area contributed by atoms with Gasteiger partial charge in [0.2, 0.25) is 11.8 Å². The summed E-state index contributed by atoms with van der Waals surface area (Å²) in [5.41, 5.74) is 4.15. The molecule has 1 aliphatic rings. The van der Waals surface area contributed by atoms with Crippen molar-refractivity contribution in [3.8, 4) is 11.5 Å². The molecule has 4 N–H and O–H groups in total. The van der Waals surface area contributed by atoms with Crippen molar-refractivity contribution in [1.29, 1.82) is 0 Å². The van der Waals surface area contributed by atoms with Crippen LogP contribution in [-0.2, 0) is 20.7 Å². The highest BCUT2D eigenvalue weighted by Gasteiger charge is 2.35. The average molecular weight is 745 g/mol. The van der Waals surface area contributed by atoms with E-state index in [-0.39, 0.29) is 24.2 Å². The average Bonchev–Trinajstić information content (AvgIpc) is 3.94. The Balaban J connectivity index is 1.04. The van der Waals surface area contributed by atoms with Crippen molar-refractivity contribution in [3.05, 3.63) is 144 Å². The van der Waals surface area contributed by atoms with E-state index in [1.165, 1.54) is 18.9 Å². The Hall–Kier alpha value is -5.83. The van der Waals surface area contributed by atoms with Crippen molar-refractivity contribution in [2.24, 2.45) is 0 Å². The van der Waals surface area contributed by atoms with E-state index in [9.17, 15) is 9.59 Å². The summed E-state index contributed by atoms with van der Waals surface area (Å²) in [5.74, 6) is 0.906. The predicted octanol–water partition coefficient (Wildman–Crippen LogP) is 6.17.